The summed E-state index contributed by atoms with van der Waals surface area (Å²) in [5.74, 6) is 0. The fraction of sp³-hybridized carbons (Fsp3) is 0. The minimum absolute atomic E-state index is 1.59. The first kappa shape index (κ1) is 6.01. The molecule has 0 aliphatic heterocycles. The molecule has 0 bridgehead atoms. The van der Waals surface area contributed by atoms with Crippen molar-refractivity contribution < 1.29 is 13.2 Å². The first-order valence-electron chi connectivity index (χ1n) is 1.01. The predicted octanol–water partition coefficient (Wildman–Crippen LogP) is 2.42. The Bertz CT molecular complexity index is 58.9. The molecule has 4 heteroatoms. The summed E-state index contributed by atoms with van der Waals surface area (Å²) in [6, 6.07) is 0. The zero-order valence-corrected chi connectivity index (χ0v) is 4.10. The first-order chi connectivity index (χ1) is 2.64. The molecule has 0 saturated heterocycles. The topological polar surface area (TPSA) is 0 Å². The van der Waals surface area contributed by atoms with Gasteiger partial charge in [0, 0.05) is 0 Å². The van der Waals surface area contributed by atoms with Gasteiger partial charge in [-0.05, 0) is 15.9 Å². The summed E-state index contributed by atoms with van der Waals surface area (Å²) in [5, 5.41) is 0. The second-order valence-electron chi connectivity index (χ2n) is 0.521. The fourth-order valence-electron chi connectivity index (χ4n) is 0. The van der Waals surface area contributed by atoms with Crippen LogP contribution in [0.15, 0.2) is 10.8 Å². The van der Waals surface area contributed by atoms with E-state index in [0.717, 1.165) is 0 Å². The molecule has 0 radical (unpaired) electrons. The lowest BCUT2D eigenvalue weighted by atomic mass is 11.1. The van der Waals surface area contributed by atoms with E-state index >= 15 is 0 Å². The Morgan fingerprint density at radius 2 is 1.33 bits per heavy atom. The van der Waals surface area contributed by atoms with Crippen molar-refractivity contribution in [2.75, 3.05) is 0 Å². The molecule has 0 fully saturated rings. The van der Waals surface area contributed by atoms with Gasteiger partial charge in [0.25, 0.3) is 0 Å². The van der Waals surface area contributed by atoms with E-state index in [9.17, 15) is 13.2 Å². The lowest BCUT2D eigenvalue weighted by molar-refractivity contribution is 0.396. The van der Waals surface area contributed by atoms with Crippen molar-refractivity contribution in [1.29, 1.82) is 0 Å². The maximum atomic E-state index is 10.9. The van der Waals surface area contributed by atoms with Crippen molar-refractivity contribution in [3.63, 3.8) is 0 Å². The molecule has 0 atom stereocenters. The molecule has 0 amide bonds. The Morgan fingerprint density at radius 1 is 1.17 bits per heavy atom. The van der Waals surface area contributed by atoms with Crippen LogP contribution < -0.4 is 0 Å². The smallest absolute Gasteiger partial charge is 0.193 e. The van der Waals surface area contributed by atoms with Crippen LogP contribution in [-0.2, 0) is 0 Å². The molecule has 0 unspecified atom stereocenters. The van der Waals surface area contributed by atoms with Gasteiger partial charge in [0.2, 0.25) is 4.74 Å². The van der Waals surface area contributed by atoms with Gasteiger partial charge in [-0.25, -0.2) is 0 Å². The molecule has 0 aromatic carbocycles. The zero-order valence-electron chi connectivity index (χ0n) is 2.51. The molecule has 0 aromatic rings. The first-order valence-corrected chi connectivity index (χ1v) is 1.80. The largest absolute Gasteiger partial charge is 0.312 e. The summed E-state index contributed by atoms with van der Waals surface area (Å²) < 4.78 is 30.5. The molecule has 0 aliphatic rings. The van der Waals surface area contributed by atoms with Gasteiger partial charge in [0.1, 0.15) is 0 Å². The van der Waals surface area contributed by atoms with Crippen LogP contribution in [0.4, 0.5) is 13.2 Å². The van der Waals surface area contributed by atoms with Gasteiger partial charge in [-0.15, -0.1) is 0 Å². The number of halogens is 4. The Labute approximate surface area is 40.8 Å². The highest BCUT2D eigenvalue weighted by Crippen LogP contribution is 2.14. The van der Waals surface area contributed by atoms with E-state index in [0.29, 0.717) is 0 Å². The maximum Gasteiger partial charge on any atom is 0.312 e. The summed E-state index contributed by atoms with van der Waals surface area (Å²) >= 11 is 1.90. The minimum Gasteiger partial charge on any atom is -0.193 e. The van der Waals surface area contributed by atoms with E-state index in [1.54, 1.807) is 0 Å². The molecule has 0 aliphatic carbocycles. The Morgan fingerprint density at radius 3 is 1.33 bits per heavy atom. The normalized spacial score (nSPS) is 8.00. The van der Waals surface area contributed by atoms with Crippen LogP contribution in [0.2, 0.25) is 0 Å². The number of rotatable bonds is 0. The van der Waals surface area contributed by atoms with E-state index in [4.69, 9.17) is 0 Å². The molecular weight excluding hydrogens is 161 g/mol. The SMILES string of the molecule is FC(F)=C(F)Br. The quantitative estimate of drug-likeness (QED) is 0.511. The predicted molar refractivity (Wildman–Crippen MR) is 19.3 cm³/mol. The van der Waals surface area contributed by atoms with Crippen molar-refractivity contribution in [3.8, 4) is 0 Å². The highest BCUT2D eigenvalue weighted by Gasteiger charge is 1.94. The van der Waals surface area contributed by atoms with E-state index in [1.807, 2.05) is 15.9 Å². The van der Waals surface area contributed by atoms with Crippen LogP contribution >= 0.6 is 15.9 Å². The monoisotopic (exact) mass is 160 g/mol. The average Bonchev–Trinajstić information content (AvgIpc) is 1.36. The standard InChI is InChI=1S/C2BrF3/c3-1(4)2(5)6. The number of hydrogen-bond donors (Lipinski definition) is 0. The molecule has 6 heavy (non-hydrogen) atoms. The van der Waals surface area contributed by atoms with E-state index in [1.165, 1.54) is 0 Å². The number of hydrogen-bond acceptors (Lipinski definition) is 0. The van der Waals surface area contributed by atoms with Gasteiger partial charge < -0.3 is 0 Å². The van der Waals surface area contributed by atoms with Crippen molar-refractivity contribution >= 4 is 15.9 Å². The average molecular weight is 161 g/mol. The molecule has 36 valence electrons. The van der Waals surface area contributed by atoms with Crippen LogP contribution in [0, 0.1) is 0 Å². The Hall–Kier alpha value is 0.01000. The molecule has 0 nitrogen and oxygen atoms in total. The van der Waals surface area contributed by atoms with E-state index in [-0.39, 0.29) is 0 Å². The zero-order chi connectivity index (χ0) is 5.15. The summed E-state index contributed by atoms with van der Waals surface area (Å²) in [5.41, 5.74) is 0. The van der Waals surface area contributed by atoms with Crippen LogP contribution in [0.5, 0.6) is 0 Å². The summed E-state index contributed by atoms with van der Waals surface area (Å²) in [4.78, 5) is 0. The maximum absolute atomic E-state index is 10.9. The molecular formula is C2BrF3. The molecule has 0 aromatic heterocycles. The molecule has 0 saturated carbocycles. The van der Waals surface area contributed by atoms with E-state index in [2.05, 4.69) is 0 Å². The lowest BCUT2D eigenvalue weighted by Gasteiger charge is -1.71. The van der Waals surface area contributed by atoms with Crippen LogP contribution in [0.25, 0.3) is 0 Å². The van der Waals surface area contributed by atoms with Crippen molar-refractivity contribution in [1.82, 2.24) is 0 Å². The summed E-state index contributed by atoms with van der Waals surface area (Å²) in [6.45, 7) is 0. The van der Waals surface area contributed by atoms with Gasteiger partial charge in [-0.1, -0.05) is 0 Å². The van der Waals surface area contributed by atoms with Gasteiger partial charge in [-0.2, -0.15) is 13.2 Å². The molecule has 0 spiro atoms. The fourth-order valence-corrected chi connectivity index (χ4v) is 0. The van der Waals surface area contributed by atoms with Gasteiger partial charge in [-0.3, -0.25) is 0 Å². The highest BCUT2D eigenvalue weighted by atomic mass is 79.9. The second-order valence-corrected chi connectivity index (χ2v) is 1.22. The molecule has 0 heterocycles. The third kappa shape index (κ3) is 2.26. The molecule has 0 rings (SSSR count). The van der Waals surface area contributed by atoms with Gasteiger partial charge in [0.15, 0.2) is 0 Å². The van der Waals surface area contributed by atoms with Gasteiger partial charge >= 0.3 is 6.08 Å². The third-order valence-corrected chi connectivity index (χ3v) is 0.443. The highest BCUT2D eigenvalue weighted by molar-refractivity contribution is 9.11. The van der Waals surface area contributed by atoms with Crippen LogP contribution in [-0.4, -0.2) is 0 Å². The van der Waals surface area contributed by atoms with Gasteiger partial charge in [0.05, 0.1) is 0 Å². The molecule has 0 N–H and O–H groups in total. The van der Waals surface area contributed by atoms with Crippen LogP contribution in [0.1, 0.15) is 0 Å². The Balaban J connectivity index is 3.68. The van der Waals surface area contributed by atoms with Crippen molar-refractivity contribution in [2.24, 2.45) is 0 Å². The van der Waals surface area contributed by atoms with Crippen molar-refractivity contribution in [3.05, 3.63) is 10.8 Å². The summed E-state index contributed by atoms with van der Waals surface area (Å²) in [6.07, 6.45) is -2.32. The minimum atomic E-state index is -2.32. The van der Waals surface area contributed by atoms with Crippen molar-refractivity contribution in [2.45, 2.75) is 0 Å². The second kappa shape index (κ2) is 2.23. The van der Waals surface area contributed by atoms with E-state index < -0.39 is 10.8 Å². The summed E-state index contributed by atoms with van der Waals surface area (Å²) in [7, 11) is 0. The third-order valence-electron chi connectivity index (χ3n) is 0.143. The Kier molecular flexibility index (Phi) is 2.23. The van der Waals surface area contributed by atoms with Crippen LogP contribution in [0.3, 0.4) is 0 Å². The lowest BCUT2D eigenvalue weighted by Crippen LogP contribution is -1.53.